The molecule has 0 aliphatic carbocycles. The number of ether oxygens (including phenoxy) is 2. The van der Waals surface area contributed by atoms with Gasteiger partial charge in [0.1, 0.15) is 0 Å². The van der Waals surface area contributed by atoms with E-state index in [2.05, 4.69) is 72.8 Å². The summed E-state index contributed by atoms with van der Waals surface area (Å²) in [6.45, 7) is 2.72. The van der Waals surface area contributed by atoms with Gasteiger partial charge in [-0.1, -0.05) is 72.8 Å². The largest absolute Gasteiger partial charge is 0.372 e. The molecule has 0 atom stereocenters. The summed E-state index contributed by atoms with van der Waals surface area (Å²) >= 11 is 0. The van der Waals surface area contributed by atoms with Crippen LogP contribution >= 0.6 is 0 Å². The van der Waals surface area contributed by atoms with Crippen molar-refractivity contribution in [3.05, 3.63) is 95.1 Å². The van der Waals surface area contributed by atoms with E-state index in [4.69, 9.17) is 9.47 Å². The highest BCUT2D eigenvalue weighted by atomic mass is 16.5. The Kier molecular flexibility index (Phi) is 3.61. The van der Waals surface area contributed by atoms with E-state index in [1.54, 1.807) is 0 Å². The van der Waals surface area contributed by atoms with Gasteiger partial charge in [-0.2, -0.15) is 0 Å². The fraction of sp³-hybridized carbons (Fsp3) is 0.154. The molecule has 0 N–H and O–H groups in total. The van der Waals surface area contributed by atoms with Crippen LogP contribution in [-0.4, -0.2) is 0 Å². The molecule has 28 heavy (non-hydrogen) atoms. The Hall–Kier alpha value is -2.94. The zero-order valence-corrected chi connectivity index (χ0v) is 15.6. The maximum atomic E-state index is 5.95. The van der Waals surface area contributed by atoms with Crippen LogP contribution in [0.2, 0.25) is 0 Å². The van der Waals surface area contributed by atoms with E-state index in [1.807, 2.05) is 0 Å². The fourth-order valence-corrected chi connectivity index (χ4v) is 4.81. The lowest BCUT2D eigenvalue weighted by atomic mass is 9.81. The van der Waals surface area contributed by atoms with E-state index in [0.29, 0.717) is 26.4 Å². The van der Waals surface area contributed by atoms with Crippen molar-refractivity contribution < 1.29 is 9.47 Å². The third kappa shape index (κ3) is 2.29. The van der Waals surface area contributed by atoms with E-state index in [1.165, 1.54) is 55.3 Å². The molecule has 0 fully saturated rings. The zero-order chi connectivity index (χ0) is 18.5. The molecular formula is C26H20O2. The highest BCUT2D eigenvalue weighted by Gasteiger charge is 2.31. The minimum absolute atomic E-state index is 0.668. The number of fused-ring (bicyclic) bond motifs is 4. The van der Waals surface area contributed by atoms with Gasteiger partial charge in [-0.25, -0.2) is 0 Å². The highest BCUT2D eigenvalue weighted by molar-refractivity contribution is 6.02. The predicted octanol–water partition coefficient (Wildman–Crippen LogP) is 6.23. The smallest absolute Gasteiger partial charge is 0.0731 e. The van der Waals surface area contributed by atoms with E-state index >= 15 is 0 Å². The quantitative estimate of drug-likeness (QED) is 0.419. The van der Waals surface area contributed by atoms with Crippen molar-refractivity contribution in [3.63, 3.8) is 0 Å². The van der Waals surface area contributed by atoms with Gasteiger partial charge in [-0.05, 0) is 55.3 Å². The molecule has 0 spiro atoms. The highest BCUT2D eigenvalue weighted by Crippen LogP contribution is 2.47. The Morgan fingerprint density at radius 2 is 1.11 bits per heavy atom. The van der Waals surface area contributed by atoms with Crippen LogP contribution in [0.4, 0.5) is 0 Å². The summed E-state index contributed by atoms with van der Waals surface area (Å²) in [7, 11) is 0. The molecule has 6 rings (SSSR count). The molecule has 0 radical (unpaired) electrons. The molecule has 4 aromatic carbocycles. The Balaban J connectivity index is 1.78. The van der Waals surface area contributed by atoms with Gasteiger partial charge in [0.05, 0.1) is 26.4 Å². The molecule has 0 unspecified atom stereocenters. The third-order valence-electron chi connectivity index (χ3n) is 6.05. The molecule has 2 aliphatic heterocycles. The molecule has 2 heteroatoms. The first kappa shape index (κ1) is 16.1. The molecule has 136 valence electrons. The summed E-state index contributed by atoms with van der Waals surface area (Å²) in [5, 5.41) is 2.55. The molecule has 2 nitrogen and oxygen atoms in total. The second kappa shape index (κ2) is 6.30. The van der Waals surface area contributed by atoms with Crippen LogP contribution in [0.1, 0.15) is 22.3 Å². The topological polar surface area (TPSA) is 18.5 Å². The maximum Gasteiger partial charge on any atom is 0.0731 e. The van der Waals surface area contributed by atoms with Gasteiger partial charge in [0.2, 0.25) is 0 Å². The number of hydrogen-bond donors (Lipinski definition) is 0. The number of benzene rings is 4. The molecule has 0 bridgehead atoms. The van der Waals surface area contributed by atoms with E-state index in [-0.39, 0.29) is 0 Å². The Morgan fingerprint density at radius 1 is 0.500 bits per heavy atom. The first-order chi connectivity index (χ1) is 13.9. The van der Waals surface area contributed by atoms with Crippen molar-refractivity contribution in [3.8, 4) is 22.3 Å². The third-order valence-corrected chi connectivity index (χ3v) is 6.05. The molecule has 2 aliphatic rings. The van der Waals surface area contributed by atoms with Gasteiger partial charge in [-0.3, -0.25) is 0 Å². The molecule has 0 amide bonds. The van der Waals surface area contributed by atoms with Crippen LogP contribution < -0.4 is 0 Å². The number of hydrogen-bond acceptors (Lipinski definition) is 2. The summed E-state index contributed by atoms with van der Waals surface area (Å²) in [6, 6.07) is 26.0. The monoisotopic (exact) mass is 364 g/mol. The van der Waals surface area contributed by atoms with Gasteiger partial charge in [0.15, 0.2) is 0 Å². The summed E-state index contributed by atoms with van der Waals surface area (Å²) in [5.74, 6) is 0. The van der Waals surface area contributed by atoms with E-state index in [9.17, 15) is 0 Å². The Labute approximate surface area is 164 Å². The maximum absolute atomic E-state index is 5.95. The van der Waals surface area contributed by atoms with Crippen LogP contribution in [0.3, 0.4) is 0 Å². The SMILES string of the molecule is c1ccc(-c2c3c(c4c(c2-c2cccc5ccccc25)COC4)COC3)cc1. The lowest BCUT2D eigenvalue weighted by Gasteiger charge is -2.20. The number of rotatable bonds is 2. The van der Waals surface area contributed by atoms with Crippen LogP contribution in [0.5, 0.6) is 0 Å². The average Bonchev–Trinajstić information content (AvgIpc) is 3.42. The summed E-state index contributed by atoms with van der Waals surface area (Å²) < 4.78 is 11.9. The van der Waals surface area contributed by atoms with Crippen LogP contribution in [0.15, 0.2) is 72.8 Å². The van der Waals surface area contributed by atoms with Crippen molar-refractivity contribution in [2.24, 2.45) is 0 Å². The lowest BCUT2D eigenvalue weighted by Crippen LogP contribution is -2.02. The lowest BCUT2D eigenvalue weighted by molar-refractivity contribution is 0.126. The summed E-state index contributed by atoms with van der Waals surface area (Å²) in [5.41, 5.74) is 10.5. The van der Waals surface area contributed by atoms with Crippen molar-refractivity contribution in [2.75, 3.05) is 0 Å². The van der Waals surface area contributed by atoms with Gasteiger partial charge in [0, 0.05) is 0 Å². The van der Waals surface area contributed by atoms with Crippen molar-refractivity contribution in [1.29, 1.82) is 0 Å². The standard InChI is InChI=1S/C26H20O2/c1-2-8-18(9-3-1)25-23-15-27-13-21(23)22-14-28-16-24(22)26(25)20-12-6-10-17-7-4-5-11-19(17)20/h1-12H,13-16H2. The van der Waals surface area contributed by atoms with Crippen LogP contribution in [0, 0.1) is 0 Å². The molecule has 4 aromatic rings. The van der Waals surface area contributed by atoms with Gasteiger partial charge < -0.3 is 9.47 Å². The van der Waals surface area contributed by atoms with Crippen molar-refractivity contribution in [2.45, 2.75) is 26.4 Å². The zero-order valence-electron chi connectivity index (χ0n) is 15.6. The van der Waals surface area contributed by atoms with Crippen molar-refractivity contribution in [1.82, 2.24) is 0 Å². The van der Waals surface area contributed by atoms with E-state index < -0.39 is 0 Å². The van der Waals surface area contributed by atoms with Crippen LogP contribution in [-0.2, 0) is 35.9 Å². The molecular weight excluding hydrogens is 344 g/mol. The summed E-state index contributed by atoms with van der Waals surface area (Å²) in [4.78, 5) is 0. The second-order valence-electron chi connectivity index (χ2n) is 7.54. The van der Waals surface area contributed by atoms with Gasteiger partial charge in [0.25, 0.3) is 0 Å². The van der Waals surface area contributed by atoms with Gasteiger partial charge in [-0.15, -0.1) is 0 Å². The second-order valence-corrected chi connectivity index (χ2v) is 7.54. The first-order valence-electron chi connectivity index (χ1n) is 9.80. The van der Waals surface area contributed by atoms with E-state index in [0.717, 1.165) is 0 Å². The average molecular weight is 364 g/mol. The Morgan fingerprint density at radius 3 is 1.89 bits per heavy atom. The molecule has 2 heterocycles. The predicted molar refractivity (Wildman–Crippen MR) is 112 cm³/mol. The minimum Gasteiger partial charge on any atom is -0.372 e. The fourth-order valence-electron chi connectivity index (χ4n) is 4.81. The summed E-state index contributed by atoms with van der Waals surface area (Å²) in [6.07, 6.45) is 0. The molecule has 0 aromatic heterocycles. The molecule has 0 saturated heterocycles. The Bertz CT molecular complexity index is 1200. The minimum atomic E-state index is 0.668. The first-order valence-corrected chi connectivity index (χ1v) is 9.80. The normalized spacial score (nSPS) is 15.0. The van der Waals surface area contributed by atoms with Gasteiger partial charge >= 0.3 is 0 Å². The van der Waals surface area contributed by atoms with Crippen molar-refractivity contribution >= 4 is 10.8 Å². The van der Waals surface area contributed by atoms with Crippen LogP contribution in [0.25, 0.3) is 33.0 Å². The molecule has 0 saturated carbocycles.